The fraction of sp³-hybridized carbons (Fsp3) is 0.160. The molecule has 0 atom stereocenters. The summed E-state index contributed by atoms with van der Waals surface area (Å²) in [7, 11) is 0. The predicted octanol–water partition coefficient (Wildman–Crippen LogP) is 4.53. The second-order valence-electron chi connectivity index (χ2n) is 7.29. The van der Waals surface area contributed by atoms with Crippen LogP contribution in [0, 0.1) is 13.8 Å². The first-order chi connectivity index (χ1) is 15.3. The van der Waals surface area contributed by atoms with Gasteiger partial charge in [-0.3, -0.25) is 14.4 Å². The highest BCUT2D eigenvalue weighted by Crippen LogP contribution is 2.23. The lowest BCUT2D eigenvalue weighted by molar-refractivity contribution is -0.118. The zero-order chi connectivity index (χ0) is 23.1. The minimum absolute atomic E-state index is 0.171. The van der Waals surface area contributed by atoms with Crippen molar-refractivity contribution >= 4 is 34.8 Å². The van der Waals surface area contributed by atoms with Gasteiger partial charge in [-0.2, -0.15) is 0 Å². The van der Waals surface area contributed by atoms with E-state index >= 15 is 0 Å². The van der Waals surface area contributed by atoms with Gasteiger partial charge in [0.15, 0.2) is 6.61 Å². The Morgan fingerprint density at radius 2 is 1.44 bits per heavy atom. The van der Waals surface area contributed by atoms with Crippen LogP contribution in [-0.4, -0.2) is 24.3 Å². The summed E-state index contributed by atoms with van der Waals surface area (Å²) in [5, 5.41) is 8.28. The van der Waals surface area contributed by atoms with E-state index in [-0.39, 0.29) is 24.3 Å². The fourth-order valence-electron chi connectivity index (χ4n) is 3.04. The minimum atomic E-state index is -0.373. The molecule has 0 aromatic heterocycles. The van der Waals surface area contributed by atoms with Gasteiger partial charge >= 0.3 is 0 Å². The van der Waals surface area contributed by atoms with Gasteiger partial charge in [-0.25, -0.2) is 0 Å². The zero-order valence-corrected chi connectivity index (χ0v) is 18.2. The fourth-order valence-corrected chi connectivity index (χ4v) is 3.04. The maximum Gasteiger partial charge on any atom is 0.262 e. The standard InChI is InChI=1S/C25H25N3O4/c1-16-7-6-9-22(17(16)2)28-25(31)21-8-4-5-10-23(21)32-15-24(30)27-20-13-11-19(12-14-20)26-18(3)29/h4-14H,15H2,1-3H3,(H,26,29)(H,27,30)(H,28,31). The minimum Gasteiger partial charge on any atom is -0.483 e. The molecule has 3 rings (SSSR count). The highest BCUT2D eigenvalue weighted by Gasteiger charge is 2.15. The van der Waals surface area contributed by atoms with E-state index in [4.69, 9.17) is 4.74 Å². The van der Waals surface area contributed by atoms with E-state index < -0.39 is 0 Å². The molecule has 0 aliphatic carbocycles. The van der Waals surface area contributed by atoms with Crippen LogP contribution >= 0.6 is 0 Å². The van der Waals surface area contributed by atoms with E-state index in [1.54, 1.807) is 48.5 Å². The average Bonchev–Trinajstić information content (AvgIpc) is 2.76. The number of hydrogen-bond acceptors (Lipinski definition) is 4. The molecule has 3 amide bonds. The lowest BCUT2D eigenvalue weighted by Crippen LogP contribution is -2.21. The number of carbonyl (C=O) groups excluding carboxylic acids is 3. The second-order valence-corrected chi connectivity index (χ2v) is 7.29. The quantitative estimate of drug-likeness (QED) is 0.512. The van der Waals surface area contributed by atoms with Crippen molar-refractivity contribution in [3.63, 3.8) is 0 Å². The number of ether oxygens (including phenoxy) is 1. The molecule has 0 aliphatic rings. The van der Waals surface area contributed by atoms with Crippen LogP contribution in [0.1, 0.15) is 28.4 Å². The molecule has 32 heavy (non-hydrogen) atoms. The van der Waals surface area contributed by atoms with Crippen LogP contribution in [0.2, 0.25) is 0 Å². The van der Waals surface area contributed by atoms with Crippen molar-refractivity contribution in [3.05, 3.63) is 83.4 Å². The third-order valence-corrected chi connectivity index (χ3v) is 4.83. The molecule has 3 aromatic carbocycles. The van der Waals surface area contributed by atoms with Gasteiger partial charge in [0.2, 0.25) is 5.91 Å². The second kappa shape index (κ2) is 10.3. The largest absolute Gasteiger partial charge is 0.483 e. The van der Waals surface area contributed by atoms with E-state index in [1.165, 1.54) is 6.92 Å². The van der Waals surface area contributed by atoms with Crippen molar-refractivity contribution in [2.45, 2.75) is 20.8 Å². The van der Waals surface area contributed by atoms with Crippen LogP contribution in [0.4, 0.5) is 17.1 Å². The van der Waals surface area contributed by atoms with Crippen molar-refractivity contribution in [3.8, 4) is 5.75 Å². The molecule has 0 radical (unpaired) electrons. The lowest BCUT2D eigenvalue weighted by atomic mass is 10.1. The third-order valence-electron chi connectivity index (χ3n) is 4.83. The van der Waals surface area contributed by atoms with Gasteiger partial charge in [-0.05, 0) is 67.4 Å². The van der Waals surface area contributed by atoms with Crippen LogP contribution in [-0.2, 0) is 9.59 Å². The Morgan fingerprint density at radius 1 is 0.781 bits per heavy atom. The van der Waals surface area contributed by atoms with Gasteiger partial charge in [0.1, 0.15) is 5.75 Å². The highest BCUT2D eigenvalue weighted by molar-refractivity contribution is 6.06. The van der Waals surface area contributed by atoms with E-state index in [0.717, 1.165) is 16.8 Å². The van der Waals surface area contributed by atoms with Gasteiger partial charge < -0.3 is 20.7 Å². The summed E-state index contributed by atoms with van der Waals surface area (Å²) >= 11 is 0. The Kier molecular flexibility index (Phi) is 7.23. The molecule has 7 heteroatoms. The molecular formula is C25H25N3O4. The van der Waals surface area contributed by atoms with Gasteiger partial charge in [0, 0.05) is 24.0 Å². The summed E-state index contributed by atoms with van der Waals surface area (Å²) in [6, 6.07) is 19.2. The number of anilines is 3. The number of hydrogen-bond donors (Lipinski definition) is 3. The number of carbonyl (C=O) groups is 3. The first kappa shape index (κ1) is 22.6. The molecule has 0 fully saturated rings. The number of benzene rings is 3. The Balaban J connectivity index is 1.62. The van der Waals surface area contributed by atoms with E-state index in [1.807, 2.05) is 32.0 Å². The van der Waals surface area contributed by atoms with E-state index in [0.29, 0.717) is 22.7 Å². The van der Waals surface area contributed by atoms with Crippen molar-refractivity contribution in [2.75, 3.05) is 22.6 Å². The smallest absolute Gasteiger partial charge is 0.262 e. The van der Waals surface area contributed by atoms with Crippen molar-refractivity contribution in [1.29, 1.82) is 0 Å². The monoisotopic (exact) mass is 431 g/mol. The van der Waals surface area contributed by atoms with Crippen molar-refractivity contribution < 1.29 is 19.1 Å². The molecule has 0 bridgehead atoms. The number of amides is 3. The van der Waals surface area contributed by atoms with Crippen LogP contribution in [0.5, 0.6) is 5.75 Å². The number of rotatable bonds is 7. The van der Waals surface area contributed by atoms with Crippen LogP contribution in [0.3, 0.4) is 0 Å². The van der Waals surface area contributed by atoms with Gasteiger partial charge in [0.25, 0.3) is 11.8 Å². The lowest BCUT2D eigenvalue weighted by Gasteiger charge is -2.14. The number of aryl methyl sites for hydroxylation is 1. The van der Waals surface area contributed by atoms with Gasteiger partial charge in [-0.15, -0.1) is 0 Å². The Morgan fingerprint density at radius 3 is 2.12 bits per heavy atom. The molecule has 0 spiro atoms. The first-order valence-corrected chi connectivity index (χ1v) is 10.1. The molecule has 0 aliphatic heterocycles. The topological polar surface area (TPSA) is 96.5 Å². The van der Waals surface area contributed by atoms with Gasteiger partial charge in [0.05, 0.1) is 5.56 Å². The summed E-state index contributed by atoms with van der Waals surface area (Å²) in [5.74, 6) is -0.549. The Hall–Kier alpha value is -4.13. The van der Waals surface area contributed by atoms with Crippen molar-refractivity contribution in [2.24, 2.45) is 0 Å². The third kappa shape index (κ3) is 5.95. The Bertz CT molecular complexity index is 1140. The van der Waals surface area contributed by atoms with Crippen LogP contribution in [0.15, 0.2) is 66.7 Å². The summed E-state index contributed by atoms with van der Waals surface area (Å²) in [5.41, 5.74) is 4.33. The molecule has 3 aromatic rings. The first-order valence-electron chi connectivity index (χ1n) is 10.1. The molecule has 3 N–H and O–H groups in total. The van der Waals surface area contributed by atoms with Crippen molar-refractivity contribution in [1.82, 2.24) is 0 Å². The normalized spacial score (nSPS) is 10.2. The molecule has 7 nitrogen and oxygen atoms in total. The molecule has 0 saturated carbocycles. The summed E-state index contributed by atoms with van der Waals surface area (Å²) in [6.07, 6.45) is 0. The average molecular weight is 431 g/mol. The summed E-state index contributed by atoms with van der Waals surface area (Å²) in [4.78, 5) is 36.2. The van der Waals surface area contributed by atoms with E-state index in [2.05, 4.69) is 16.0 Å². The van der Waals surface area contributed by atoms with Crippen LogP contribution in [0.25, 0.3) is 0 Å². The zero-order valence-electron chi connectivity index (χ0n) is 18.2. The van der Waals surface area contributed by atoms with E-state index in [9.17, 15) is 14.4 Å². The molecule has 0 saturated heterocycles. The van der Waals surface area contributed by atoms with Gasteiger partial charge in [-0.1, -0.05) is 24.3 Å². The molecular weight excluding hydrogens is 406 g/mol. The summed E-state index contributed by atoms with van der Waals surface area (Å²) < 4.78 is 5.63. The molecule has 0 heterocycles. The number of nitrogens with one attached hydrogen (secondary N) is 3. The predicted molar refractivity (Wildman–Crippen MR) is 125 cm³/mol. The maximum atomic E-state index is 12.8. The SMILES string of the molecule is CC(=O)Nc1ccc(NC(=O)COc2ccccc2C(=O)Nc2cccc(C)c2C)cc1. The highest BCUT2D eigenvalue weighted by atomic mass is 16.5. The molecule has 0 unspecified atom stereocenters. The Labute approximate surface area is 186 Å². The summed E-state index contributed by atoms with van der Waals surface area (Å²) in [6.45, 7) is 5.09. The van der Waals surface area contributed by atoms with Crippen LogP contribution < -0.4 is 20.7 Å². The number of para-hydroxylation sites is 1. The molecule has 164 valence electrons. The maximum absolute atomic E-state index is 12.8.